The first-order valence-corrected chi connectivity index (χ1v) is 8.97. The van der Waals surface area contributed by atoms with Gasteiger partial charge in [-0.3, -0.25) is 9.59 Å². The molecule has 146 valence electrons. The number of amides is 1. The fourth-order valence-corrected chi connectivity index (χ4v) is 3.19. The molecule has 0 aliphatic carbocycles. The lowest BCUT2D eigenvalue weighted by molar-refractivity contribution is 0.0936. The molecule has 28 heavy (non-hydrogen) atoms. The molecule has 7 heteroatoms. The van der Waals surface area contributed by atoms with Crippen LogP contribution < -0.4 is 15.6 Å². The van der Waals surface area contributed by atoms with Crippen LogP contribution in [0.3, 0.4) is 0 Å². The Morgan fingerprint density at radius 1 is 1.18 bits per heavy atom. The second kappa shape index (κ2) is 8.22. The van der Waals surface area contributed by atoms with Crippen LogP contribution in [0.1, 0.15) is 22.1 Å². The van der Waals surface area contributed by atoms with Crippen molar-refractivity contribution in [1.82, 2.24) is 20.0 Å². The number of methoxy groups -OCH3 is 1. The van der Waals surface area contributed by atoms with Crippen LogP contribution in [0.15, 0.2) is 53.3 Å². The zero-order valence-electron chi connectivity index (χ0n) is 16.5. The number of nitrogens with one attached hydrogen (secondary N) is 1. The van der Waals surface area contributed by atoms with Crippen molar-refractivity contribution in [1.29, 1.82) is 0 Å². The number of hydrogen-bond acceptors (Lipinski definition) is 5. The number of aromatic nitrogens is 2. The molecule has 0 saturated heterocycles. The molecule has 0 radical (unpaired) electrons. The van der Waals surface area contributed by atoms with Gasteiger partial charge in [0.2, 0.25) is 0 Å². The number of carbonyl (C=O) groups is 1. The van der Waals surface area contributed by atoms with E-state index >= 15 is 0 Å². The summed E-state index contributed by atoms with van der Waals surface area (Å²) in [4.78, 5) is 27.2. The fraction of sp³-hybridized carbons (Fsp3) is 0.286. The number of nitrogens with zero attached hydrogens (tertiary/aromatic N) is 3. The Labute approximate surface area is 163 Å². The predicted octanol–water partition coefficient (Wildman–Crippen LogP) is 1.97. The maximum Gasteiger partial charge on any atom is 0.274 e. The number of likely N-dealkylation sites (N-methyl/N-ethyl adjacent to an activating group) is 1. The second-order valence-electron chi connectivity index (χ2n) is 6.79. The van der Waals surface area contributed by atoms with Gasteiger partial charge in [-0.25, -0.2) is 4.68 Å². The van der Waals surface area contributed by atoms with Gasteiger partial charge in [-0.1, -0.05) is 30.3 Å². The van der Waals surface area contributed by atoms with Gasteiger partial charge in [0.25, 0.3) is 11.5 Å². The Kier molecular flexibility index (Phi) is 5.75. The summed E-state index contributed by atoms with van der Waals surface area (Å²) in [6.45, 7) is 0.387. The summed E-state index contributed by atoms with van der Waals surface area (Å²) < 4.78 is 6.50. The summed E-state index contributed by atoms with van der Waals surface area (Å²) in [5, 5.41) is 8.16. The summed E-state index contributed by atoms with van der Waals surface area (Å²) in [6.07, 6.45) is 0. The molecule has 7 nitrogen and oxygen atoms in total. The molecule has 0 aliphatic heterocycles. The van der Waals surface area contributed by atoms with Crippen LogP contribution in [0.4, 0.5) is 0 Å². The van der Waals surface area contributed by atoms with E-state index in [1.807, 2.05) is 43.3 Å². The highest BCUT2D eigenvalue weighted by Crippen LogP contribution is 2.22. The number of carbonyl (C=O) groups excluding carboxylic acids is 1. The molecule has 0 bridgehead atoms. The maximum atomic E-state index is 12.9. The molecule has 0 aliphatic rings. The zero-order chi connectivity index (χ0) is 20.3. The molecular formula is C21H24N4O3. The van der Waals surface area contributed by atoms with E-state index in [4.69, 9.17) is 4.74 Å². The molecule has 0 saturated carbocycles. The molecule has 1 amide bonds. The predicted molar refractivity (Wildman–Crippen MR) is 109 cm³/mol. The lowest BCUT2D eigenvalue weighted by atomic mass is 10.1. The van der Waals surface area contributed by atoms with Crippen LogP contribution in [-0.2, 0) is 7.05 Å². The first kappa shape index (κ1) is 19.6. The topological polar surface area (TPSA) is 76.5 Å². The van der Waals surface area contributed by atoms with Crippen molar-refractivity contribution < 1.29 is 9.53 Å². The van der Waals surface area contributed by atoms with Crippen molar-refractivity contribution in [2.75, 3.05) is 27.7 Å². The van der Waals surface area contributed by atoms with Gasteiger partial charge in [0.15, 0.2) is 5.69 Å². The third-order valence-electron chi connectivity index (χ3n) is 4.73. The number of rotatable bonds is 6. The van der Waals surface area contributed by atoms with Gasteiger partial charge in [0, 0.05) is 19.0 Å². The van der Waals surface area contributed by atoms with Crippen LogP contribution >= 0.6 is 0 Å². The van der Waals surface area contributed by atoms with Crippen molar-refractivity contribution >= 4 is 16.7 Å². The molecule has 1 aromatic heterocycles. The van der Waals surface area contributed by atoms with E-state index in [1.54, 1.807) is 38.4 Å². The quantitative estimate of drug-likeness (QED) is 0.708. The summed E-state index contributed by atoms with van der Waals surface area (Å²) in [5.74, 6) is 0.447. The summed E-state index contributed by atoms with van der Waals surface area (Å²) in [6, 6.07) is 14.7. The number of benzene rings is 2. The zero-order valence-corrected chi connectivity index (χ0v) is 16.5. The minimum atomic E-state index is -0.318. The summed E-state index contributed by atoms with van der Waals surface area (Å²) in [5.41, 5.74) is 1.04. The number of aryl methyl sites for hydroxylation is 1. The van der Waals surface area contributed by atoms with E-state index in [9.17, 15) is 9.59 Å². The molecule has 1 atom stereocenters. The van der Waals surface area contributed by atoms with Gasteiger partial charge in [0.1, 0.15) is 5.75 Å². The van der Waals surface area contributed by atoms with E-state index in [0.29, 0.717) is 17.3 Å². The van der Waals surface area contributed by atoms with E-state index in [1.165, 1.54) is 4.68 Å². The van der Waals surface area contributed by atoms with Gasteiger partial charge >= 0.3 is 0 Å². The fourth-order valence-electron chi connectivity index (χ4n) is 3.19. The average molecular weight is 380 g/mol. The Morgan fingerprint density at radius 3 is 2.57 bits per heavy atom. The molecule has 1 N–H and O–H groups in total. The summed E-state index contributed by atoms with van der Waals surface area (Å²) in [7, 11) is 7.08. The van der Waals surface area contributed by atoms with Gasteiger partial charge in [-0.05, 0) is 37.9 Å². The third kappa shape index (κ3) is 3.89. The van der Waals surface area contributed by atoms with Crippen molar-refractivity contribution in [3.05, 3.63) is 70.1 Å². The van der Waals surface area contributed by atoms with Crippen molar-refractivity contribution in [2.24, 2.45) is 7.05 Å². The SMILES string of the molecule is COc1cccc([C@H](CNC(=O)c2nn(C)c(=O)c3ccccc23)N(C)C)c1. The van der Waals surface area contributed by atoms with Crippen LogP contribution in [0.25, 0.3) is 10.8 Å². The molecule has 0 spiro atoms. The lowest BCUT2D eigenvalue weighted by Gasteiger charge is -2.25. The van der Waals surface area contributed by atoms with E-state index in [-0.39, 0.29) is 23.2 Å². The molecule has 2 aromatic carbocycles. The van der Waals surface area contributed by atoms with Crippen LogP contribution in [0.5, 0.6) is 5.75 Å². The smallest absolute Gasteiger partial charge is 0.274 e. The third-order valence-corrected chi connectivity index (χ3v) is 4.73. The van der Waals surface area contributed by atoms with Crippen molar-refractivity contribution in [2.45, 2.75) is 6.04 Å². The lowest BCUT2D eigenvalue weighted by Crippen LogP contribution is -2.36. The highest BCUT2D eigenvalue weighted by molar-refractivity contribution is 6.04. The van der Waals surface area contributed by atoms with Gasteiger partial charge < -0.3 is 15.0 Å². The van der Waals surface area contributed by atoms with E-state index < -0.39 is 0 Å². The van der Waals surface area contributed by atoms with E-state index in [2.05, 4.69) is 10.4 Å². The first-order valence-electron chi connectivity index (χ1n) is 8.97. The van der Waals surface area contributed by atoms with Crippen LogP contribution in [-0.4, -0.2) is 48.3 Å². The maximum absolute atomic E-state index is 12.9. The Morgan fingerprint density at radius 2 is 1.89 bits per heavy atom. The van der Waals surface area contributed by atoms with Gasteiger partial charge in [-0.2, -0.15) is 5.10 Å². The highest BCUT2D eigenvalue weighted by Gasteiger charge is 2.19. The molecule has 3 aromatic rings. The first-order chi connectivity index (χ1) is 13.4. The number of ether oxygens (including phenoxy) is 1. The van der Waals surface area contributed by atoms with E-state index in [0.717, 1.165) is 11.3 Å². The number of hydrogen-bond donors (Lipinski definition) is 1. The second-order valence-corrected chi connectivity index (χ2v) is 6.79. The van der Waals surface area contributed by atoms with Crippen LogP contribution in [0.2, 0.25) is 0 Å². The minimum absolute atomic E-state index is 0.0437. The minimum Gasteiger partial charge on any atom is -0.497 e. The Balaban J connectivity index is 1.87. The molecule has 0 fully saturated rings. The standard InChI is InChI=1S/C21H24N4O3/c1-24(2)18(14-8-7-9-15(12-14)28-4)13-22-20(26)19-16-10-5-6-11-17(16)21(27)25(3)23-19/h5-12,18H,13H2,1-4H3,(H,22,26)/t18-/m0/s1. The molecule has 3 rings (SSSR count). The average Bonchev–Trinajstić information content (AvgIpc) is 2.70. The monoisotopic (exact) mass is 380 g/mol. The largest absolute Gasteiger partial charge is 0.497 e. The van der Waals surface area contributed by atoms with Gasteiger partial charge in [-0.15, -0.1) is 0 Å². The molecular weight excluding hydrogens is 356 g/mol. The van der Waals surface area contributed by atoms with Crippen LogP contribution in [0, 0.1) is 0 Å². The highest BCUT2D eigenvalue weighted by atomic mass is 16.5. The number of fused-ring (bicyclic) bond motifs is 1. The van der Waals surface area contributed by atoms with Crippen molar-refractivity contribution in [3.8, 4) is 5.75 Å². The summed E-state index contributed by atoms with van der Waals surface area (Å²) >= 11 is 0. The Bertz CT molecular complexity index is 1060. The molecule has 0 unspecified atom stereocenters. The van der Waals surface area contributed by atoms with Crippen molar-refractivity contribution in [3.63, 3.8) is 0 Å². The molecule has 1 heterocycles. The Hall–Kier alpha value is -3.19. The normalized spacial score (nSPS) is 12.2. The van der Waals surface area contributed by atoms with Gasteiger partial charge in [0.05, 0.1) is 18.5 Å².